The van der Waals surface area contributed by atoms with Crippen LogP contribution in [0.3, 0.4) is 0 Å². The first-order valence-electron chi connectivity index (χ1n) is 4.20. The van der Waals surface area contributed by atoms with Gasteiger partial charge in [0.15, 0.2) is 6.10 Å². The van der Waals surface area contributed by atoms with Crippen molar-refractivity contribution in [3.63, 3.8) is 0 Å². The van der Waals surface area contributed by atoms with Crippen LogP contribution < -0.4 is 4.74 Å². The molecule has 4 heteroatoms. The molecule has 0 spiro atoms. The summed E-state index contributed by atoms with van der Waals surface area (Å²) < 4.78 is 5.18. The van der Waals surface area contributed by atoms with Gasteiger partial charge in [-0.3, -0.25) is 0 Å². The van der Waals surface area contributed by atoms with Crippen molar-refractivity contribution < 1.29 is 14.6 Å². The second-order valence-electron chi connectivity index (χ2n) is 3.05. The normalized spacial score (nSPS) is 12.2. The van der Waals surface area contributed by atoms with Crippen LogP contribution in [0, 0.1) is 6.92 Å². The first-order chi connectivity index (χ1) is 6.50. The lowest BCUT2D eigenvalue weighted by atomic mass is 10.2. The molecular weight excluding hydrogens is 200 g/mol. The third-order valence-corrected chi connectivity index (χ3v) is 2.33. The summed E-state index contributed by atoms with van der Waals surface area (Å²) in [6.45, 7) is 3.38. The van der Waals surface area contributed by atoms with E-state index < -0.39 is 12.1 Å². The van der Waals surface area contributed by atoms with E-state index in [0.29, 0.717) is 5.75 Å². The number of hydrogen-bond acceptors (Lipinski definition) is 3. The molecule has 0 heterocycles. The van der Waals surface area contributed by atoms with Crippen LogP contribution in [0.25, 0.3) is 0 Å². The lowest BCUT2D eigenvalue weighted by molar-refractivity contribution is -0.144. The standard InChI is InChI=1S/C10H12O3S/c1-6-5-8(3-4-9(6)14)13-7(2)10(11)12/h3-5,7,14H,1-2H3,(H,11,12). The van der Waals surface area contributed by atoms with E-state index in [-0.39, 0.29) is 0 Å². The Balaban J connectivity index is 2.78. The molecule has 0 saturated carbocycles. The van der Waals surface area contributed by atoms with E-state index in [1.165, 1.54) is 6.92 Å². The summed E-state index contributed by atoms with van der Waals surface area (Å²) >= 11 is 4.20. The van der Waals surface area contributed by atoms with Gasteiger partial charge < -0.3 is 9.84 Å². The number of carbonyl (C=O) groups is 1. The zero-order valence-corrected chi connectivity index (χ0v) is 8.91. The number of thiol groups is 1. The highest BCUT2D eigenvalue weighted by molar-refractivity contribution is 7.80. The number of aliphatic carboxylic acids is 1. The minimum Gasteiger partial charge on any atom is -0.479 e. The molecule has 1 rings (SSSR count). The maximum Gasteiger partial charge on any atom is 0.344 e. The molecule has 76 valence electrons. The summed E-state index contributed by atoms with van der Waals surface area (Å²) in [5.74, 6) is -0.423. The SMILES string of the molecule is Cc1cc(OC(C)C(=O)O)ccc1S. The average molecular weight is 212 g/mol. The van der Waals surface area contributed by atoms with Crippen molar-refractivity contribution in [3.05, 3.63) is 23.8 Å². The molecule has 1 aromatic carbocycles. The molecule has 0 aliphatic rings. The Labute approximate surface area is 88.1 Å². The smallest absolute Gasteiger partial charge is 0.344 e. The summed E-state index contributed by atoms with van der Waals surface area (Å²) in [4.78, 5) is 11.4. The Morgan fingerprint density at radius 3 is 2.71 bits per heavy atom. The number of carboxylic acid groups (broad SMARTS) is 1. The molecule has 14 heavy (non-hydrogen) atoms. The predicted molar refractivity (Wildman–Crippen MR) is 56.2 cm³/mol. The molecule has 3 nitrogen and oxygen atoms in total. The van der Waals surface area contributed by atoms with Crippen molar-refractivity contribution in [3.8, 4) is 5.75 Å². The zero-order chi connectivity index (χ0) is 10.7. The fourth-order valence-corrected chi connectivity index (χ4v) is 1.09. The number of hydrogen-bond donors (Lipinski definition) is 2. The molecule has 0 aromatic heterocycles. The molecule has 0 saturated heterocycles. The molecular formula is C10H12O3S. The van der Waals surface area contributed by atoms with Crippen LogP contribution in [0.4, 0.5) is 0 Å². The fraction of sp³-hybridized carbons (Fsp3) is 0.300. The van der Waals surface area contributed by atoms with Crippen molar-refractivity contribution in [2.45, 2.75) is 24.8 Å². The largest absolute Gasteiger partial charge is 0.479 e. The van der Waals surface area contributed by atoms with Crippen LogP contribution in [-0.2, 0) is 4.79 Å². The quantitative estimate of drug-likeness (QED) is 0.754. The number of aryl methyl sites for hydroxylation is 1. The second-order valence-corrected chi connectivity index (χ2v) is 3.53. The molecule has 0 aliphatic carbocycles. The molecule has 0 radical (unpaired) electrons. The first kappa shape index (κ1) is 10.9. The van der Waals surface area contributed by atoms with Gasteiger partial charge in [-0.1, -0.05) is 0 Å². The average Bonchev–Trinajstić information content (AvgIpc) is 2.11. The molecule has 0 amide bonds. The molecule has 1 atom stereocenters. The van der Waals surface area contributed by atoms with E-state index in [1.807, 2.05) is 6.92 Å². The summed E-state index contributed by atoms with van der Waals surface area (Å²) in [5, 5.41) is 8.63. The molecule has 0 fully saturated rings. The van der Waals surface area contributed by atoms with Crippen molar-refractivity contribution in [1.29, 1.82) is 0 Å². The zero-order valence-electron chi connectivity index (χ0n) is 8.02. The van der Waals surface area contributed by atoms with Crippen molar-refractivity contribution in [2.24, 2.45) is 0 Å². The maximum atomic E-state index is 10.5. The summed E-state index contributed by atoms with van der Waals surface area (Å²) in [6.07, 6.45) is -0.833. The number of carboxylic acids is 1. The van der Waals surface area contributed by atoms with Gasteiger partial charge in [-0.25, -0.2) is 4.79 Å². The topological polar surface area (TPSA) is 46.5 Å². The Hall–Kier alpha value is -1.16. The third-order valence-electron chi connectivity index (χ3n) is 1.83. The Morgan fingerprint density at radius 1 is 1.57 bits per heavy atom. The molecule has 1 aromatic rings. The van der Waals surface area contributed by atoms with E-state index in [2.05, 4.69) is 12.6 Å². The van der Waals surface area contributed by atoms with Gasteiger partial charge in [-0.05, 0) is 37.6 Å². The monoisotopic (exact) mass is 212 g/mol. The molecule has 1 unspecified atom stereocenters. The van der Waals surface area contributed by atoms with Gasteiger partial charge in [0.05, 0.1) is 0 Å². The van der Waals surface area contributed by atoms with Crippen LogP contribution in [0.2, 0.25) is 0 Å². The molecule has 0 aliphatic heterocycles. The summed E-state index contributed by atoms with van der Waals surface area (Å²) in [6, 6.07) is 5.25. The first-order valence-corrected chi connectivity index (χ1v) is 4.64. The van der Waals surface area contributed by atoms with Crippen LogP contribution >= 0.6 is 12.6 Å². The van der Waals surface area contributed by atoms with E-state index in [0.717, 1.165) is 10.5 Å². The maximum absolute atomic E-state index is 10.5. The molecule has 0 bridgehead atoms. The van der Waals surface area contributed by atoms with Crippen molar-refractivity contribution in [2.75, 3.05) is 0 Å². The lowest BCUT2D eigenvalue weighted by Gasteiger charge is -2.11. The van der Waals surface area contributed by atoms with Gasteiger partial charge in [0.25, 0.3) is 0 Å². The van der Waals surface area contributed by atoms with Gasteiger partial charge in [0.2, 0.25) is 0 Å². The number of rotatable bonds is 3. The summed E-state index contributed by atoms with van der Waals surface area (Å²) in [5.41, 5.74) is 0.962. The van der Waals surface area contributed by atoms with Crippen LogP contribution in [-0.4, -0.2) is 17.2 Å². The molecule has 1 N–H and O–H groups in total. The second kappa shape index (κ2) is 4.37. The Morgan fingerprint density at radius 2 is 2.21 bits per heavy atom. The Kier molecular flexibility index (Phi) is 3.41. The van der Waals surface area contributed by atoms with Crippen LogP contribution in [0.5, 0.6) is 5.75 Å². The highest BCUT2D eigenvalue weighted by atomic mass is 32.1. The fourth-order valence-electron chi connectivity index (χ4n) is 0.956. The van der Waals surface area contributed by atoms with E-state index in [1.54, 1.807) is 18.2 Å². The summed E-state index contributed by atoms with van der Waals surface area (Å²) in [7, 11) is 0. The van der Waals surface area contributed by atoms with E-state index in [4.69, 9.17) is 9.84 Å². The highest BCUT2D eigenvalue weighted by Gasteiger charge is 2.12. The van der Waals surface area contributed by atoms with Crippen LogP contribution in [0.1, 0.15) is 12.5 Å². The number of benzene rings is 1. The van der Waals surface area contributed by atoms with Gasteiger partial charge in [0, 0.05) is 4.90 Å². The van der Waals surface area contributed by atoms with Crippen LogP contribution in [0.15, 0.2) is 23.1 Å². The minimum atomic E-state index is -0.974. The van der Waals surface area contributed by atoms with E-state index >= 15 is 0 Å². The van der Waals surface area contributed by atoms with Crippen molar-refractivity contribution in [1.82, 2.24) is 0 Å². The highest BCUT2D eigenvalue weighted by Crippen LogP contribution is 2.20. The van der Waals surface area contributed by atoms with Gasteiger partial charge in [-0.15, -0.1) is 12.6 Å². The lowest BCUT2D eigenvalue weighted by Crippen LogP contribution is -2.22. The predicted octanol–water partition coefficient (Wildman–Crippen LogP) is 2.14. The van der Waals surface area contributed by atoms with E-state index in [9.17, 15) is 4.79 Å². The minimum absolute atomic E-state index is 0.551. The van der Waals surface area contributed by atoms with Gasteiger partial charge >= 0.3 is 5.97 Å². The third kappa shape index (κ3) is 2.67. The number of ether oxygens (including phenoxy) is 1. The van der Waals surface area contributed by atoms with Gasteiger partial charge in [0.1, 0.15) is 5.75 Å². The van der Waals surface area contributed by atoms with Gasteiger partial charge in [-0.2, -0.15) is 0 Å². The Bertz CT molecular complexity index is 349. The van der Waals surface area contributed by atoms with Crippen molar-refractivity contribution >= 4 is 18.6 Å².